The van der Waals surface area contributed by atoms with Crippen LogP contribution in [-0.4, -0.2) is 43.0 Å². The van der Waals surface area contributed by atoms with Crippen LogP contribution in [-0.2, 0) is 13.1 Å². The van der Waals surface area contributed by atoms with E-state index >= 15 is 0 Å². The van der Waals surface area contributed by atoms with E-state index in [0.29, 0.717) is 13.1 Å². The lowest BCUT2D eigenvalue weighted by atomic mass is 10.1. The molecule has 1 aromatic carbocycles. The lowest BCUT2D eigenvalue weighted by molar-refractivity contribution is 0.266. The quantitative estimate of drug-likeness (QED) is 0.882. The molecule has 1 aliphatic heterocycles. The van der Waals surface area contributed by atoms with E-state index in [2.05, 4.69) is 16.8 Å². The first-order chi connectivity index (χ1) is 8.69. The maximum Gasteiger partial charge on any atom is 0.128 e. The van der Waals surface area contributed by atoms with Crippen molar-refractivity contribution in [1.82, 2.24) is 9.80 Å². The highest BCUT2D eigenvalue weighted by Crippen LogP contribution is 2.14. The molecule has 1 heterocycles. The van der Waals surface area contributed by atoms with Gasteiger partial charge in [-0.1, -0.05) is 12.1 Å². The van der Waals surface area contributed by atoms with Crippen LogP contribution in [0.15, 0.2) is 18.2 Å². The Morgan fingerprint density at radius 3 is 2.78 bits per heavy atom. The van der Waals surface area contributed by atoms with E-state index in [0.717, 1.165) is 43.7 Å². The van der Waals surface area contributed by atoms with Crippen molar-refractivity contribution in [3.05, 3.63) is 35.1 Å². The second-order valence-corrected chi connectivity index (χ2v) is 5.06. The van der Waals surface area contributed by atoms with Crippen LogP contribution in [0.4, 0.5) is 4.39 Å². The van der Waals surface area contributed by atoms with Crippen LogP contribution >= 0.6 is 0 Å². The Kier molecular flexibility index (Phi) is 4.69. The van der Waals surface area contributed by atoms with Crippen molar-refractivity contribution in [2.75, 3.05) is 33.2 Å². The van der Waals surface area contributed by atoms with E-state index in [1.807, 2.05) is 12.1 Å². The fourth-order valence-electron chi connectivity index (χ4n) is 2.35. The van der Waals surface area contributed by atoms with Gasteiger partial charge < -0.3 is 10.6 Å². The average Bonchev–Trinajstić information content (AvgIpc) is 2.57. The van der Waals surface area contributed by atoms with Gasteiger partial charge >= 0.3 is 0 Å². The molecule has 0 saturated carbocycles. The Hall–Kier alpha value is -0.970. The Balaban J connectivity index is 2.00. The Bertz CT molecular complexity index is 395. The molecular formula is C14H22FN3. The van der Waals surface area contributed by atoms with Gasteiger partial charge in [0.25, 0.3) is 0 Å². The number of halogens is 1. The minimum Gasteiger partial charge on any atom is -0.326 e. The molecule has 2 rings (SSSR count). The highest BCUT2D eigenvalue weighted by Gasteiger charge is 2.14. The molecule has 1 fully saturated rings. The fraction of sp³-hybridized carbons (Fsp3) is 0.571. The van der Waals surface area contributed by atoms with Gasteiger partial charge in [0.1, 0.15) is 5.82 Å². The predicted molar refractivity (Wildman–Crippen MR) is 71.7 cm³/mol. The van der Waals surface area contributed by atoms with E-state index in [1.54, 1.807) is 6.07 Å². The van der Waals surface area contributed by atoms with Gasteiger partial charge in [0, 0.05) is 31.7 Å². The maximum atomic E-state index is 13.9. The summed E-state index contributed by atoms with van der Waals surface area (Å²) < 4.78 is 13.9. The largest absolute Gasteiger partial charge is 0.326 e. The second-order valence-electron chi connectivity index (χ2n) is 5.06. The van der Waals surface area contributed by atoms with Crippen LogP contribution in [0.2, 0.25) is 0 Å². The van der Waals surface area contributed by atoms with Crippen LogP contribution in [0.1, 0.15) is 17.5 Å². The molecule has 0 aliphatic carbocycles. The molecule has 2 N–H and O–H groups in total. The lowest BCUT2D eigenvalue weighted by Gasteiger charge is -2.20. The smallest absolute Gasteiger partial charge is 0.128 e. The van der Waals surface area contributed by atoms with Crippen molar-refractivity contribution in [2.45, 2.75) is 19.5 Å². The second kappa shape index (κ2) is 6.27. The summed E-state index contributed by atoms with van der Waals surface area (Å²) in [5, 5.41) is 0. The molecule has 3 nitrogen and oxygen atoms in total. The summed E-state index contributed by atoms with van der Waals surface area (Å²) in [5.41, 5.74) is 7.13. The summed E-state index contributed by atoms with van der Waals surface area (Å²) in [4.78, 5) is 4.65. The van der Waals surface area contributed by atoms with Gasteiger partial charge in [-0.15, -0.1) is 0 Å². The van der Waals surface area contributed by atoms with Crippen molar-refractivity contribution >= 4 is 0 Å². The first-order valence-corrected chi connectivity index (χ1v) is 6.57. The van der Waals surface area contributed by atoms with Gasteiger partial charge in [0.15, 0.2) is 0 Å². The van der Waals surface area contributed by atoms with Crippen LogP contribution < -0.4 is 5.73 Å². The molecule has 0 bridgehead atoms. The highest BCUT2D eigenvalue weighted by molar-refractivity contribution is 5.24. The monoisotopic (exact) mass is 251 g/mol. The highest BCUT2D eigenvalue weighted by atomic mass is 19.1. The molecule has 100 valence electrons. The van der Waals surface area contributed by atoms with Crippen molar-refractivity contribution in [3.8, 4) is 0 Å². The molecule has 0 radical (unpaired) electrons. The number of hydrogen-bond donors (Lipinski definition) is 1. The van der Waals surface area contributed by atoms with E-state index in [1.165, 1.54) is 0 Å². The van der Waals surface area contributed by atoms with E-state index < -0.39 is 0 Å². The van der Waals surface area contributed by atoms with Crippen molar-refractivity contribution < 1.29 is 4.39 Å². The van der Waals surface area contributed by atoms with Gasteiger partial charge in [0.05, 0.1) is 0 Å². The van der Waals surface area contributed by atoms with Gasteiger partial charge in [-0.2, -0.15) is 0 Å². The molecule has 0 unspecified atom stereocenters. The van der Waals surface area contributed by atoms with Gasteiger partial charge in [0.2, 0.25) is 0 Å². The average molecular weight is 251 g/mol. The maximum absolute atomic E-state index is 13.9. The van der Waals surface area contributed by atoms with Gasteiger partial charge in [-0.3, -0.25) is 4.90 Å². The van der Waals surface area contributed by atoms with Crippen molar-refractivity contribution in [3.63, 3.8) is 0 Å². The van der Waals surface area contributed by atoms with Crippen molar-refractivity contribution in [1.29, 1.82) is 0 Å². The van der Waals surface area contributed by atoms with Crippen LogP contribution in [0, 0.1) is 5.82 Å². The summed E-state index contributed by atoms with van der Waals surface area (Å²) >= 11 is 0. The number of nitrogens with zero attached hydrogens (tertiary/aromatic N) is 2. The molecule has 0 amide bonds. The number of likely N-dealkylation sites (N-methyl/N-ethyl adjacent to an activating group) is 1. The van der Waals surface area contributed by atoms with Crippen LogP contribution in [0.5, 0.6) is 0 Å². The molecule has 0 aromatic heterocycles. The summed E-state index contributed by atoms with van der Waals surface area (Å²) in [7, 11) is 2.14. The molecule has 0 atom stereocenters. The lowest BCUT2D eigenvalue weighted by Crippen LogP contribution is -2.28. The first kappa shape index (κ1) is 13.5. The molecule has 18 heavy (non-hydrogen) atoms. The number of benzene rings is 1. The Morgan fingerprint density at radius 1 is 1.22 bits per heavy atom. The topological polar surface area (TPSA) is 32.5 Å². The zero-order valence-electron chi connectivity index (χ0n) is 11.0. The third-order valence-corrected chi connectivity index (χ3v) is 3.56. The normalized spacial score (nSPS) is 18.8. The minimum atomic E-state index is -0.129. The van der Waals surface area contributed by atoms with Crippen LogP contribution in [0.25, 0.3) is 0 Å². The minimum absolute atomic E-state index is 0.129. The molecule has 1 aromatic rings. The Labute approximate surface area is 108 Å². The molecule has 4 heteroatoms. The fourth-order valence-corrected chi connectivity index (χ4v) is 2.35. The number of rotatable bonds is 3. The molecule has 1 saturated heterocycles. The van der Waals surface area contributed by atoms with E-state index in [-0.39, 0.29) is 5.82 Å². The first-order valence-electron chi connectivity index (χ1n) is 6.57. The third-order valence-electron chi connectivity index (χ3n) is 3.56. The summed E-state index contributed by atoms with van der Waals surface area (Å²) in [6, 6.07) is 5.34. The summed E-state index contributed by atoms with van der Waals surface area (Å²) in [5.74, 6) is -0.129. The van der Waals surface area contributed by atoms with E-state index in [4.69, 9.17) is 5.73 Å². The van der Waals surface area contributed by atoms with Crippen molar-refractivity contribution in [2.24, 2.45) is 5.73 Å². The zero-order chi connectivity index (χ0) is 13.0. The molecular weight excluding hydrogens is 229 g/mol. The standard InChI is InChI=1S/C14H22FN3/c1-17-5-2-6-18(8-7-17)11-13-4-3-12(10-16)9-14(13)15/h3-4,9H,2,5-8,10-11,16H2,1H3. The Morgan fingerprint density at radius 2 is 2.06 bits per heavy atom. The summed E-state index contributed by atoms with van der Waals surface area (Å²) in [6.07, 6.45) is 1.15. The van der Waals surface area contributed by atoms with E-state index in [9.17, 15) is 4.39 Å². The predicted octanol–water partition coefficient (Wildman–Crippen LogP) is 1.42. The van der Waals surface area contributed by atoms with Gasteiger partial charge in [-0.05, 0) is 38.2 Å². The third kappa shape index (κ3) is 3.51. The molecule has 1 aliphatic rings. The summed E-state index contributed by atoms with van der Waals surface area (Å²) in [6.45, 7) is 5.33. The zero-order valence-corrected chi connectivity index (χ0v) is 11.0. The van der Waals surface area contributed by atoms with Crippen LogP contribution in [0.3, 0.4) is 0 Å². The SMILES string of the molecule is CN1CCCN(Cc2ccc(CN)cc2F)CC1. The number of nitrogens with two attached hydrogens (primary N) is 1. The van der Waals surface area contributed by atoms with Gasteiger partial charge in [-0.25, -0.2) is 4.39 Å². The number of hydrogen-bond acceptors (Lipinski definition) is 3. The molecule has 0 spiro atoms.